The molecule has 22 heavy (non-hydrogen) atoms. The normalized spacial score (nSPS) is 10.0. The molecule has 0 fully saturated rings. The van der Waals surface area contributed by atoms with Gasteiger partial charge < -0.3 is 15.8 Å². The summed E-state index contributed by atoms with van der Waals surface area (Å²) in [6.07, 6.45) is 0. The summed E-state index contributed by atoms with van der Waals surface area (Å²) in [5.74, 6) is -1.21. The zero-order chi connectivity index (χ0) is 16.3. The molecule has 0 unspecified atom stereocenters. The van der Waals surface area contributed by atoms with E-state index >= 15 is 0 Å². The Morgan fingerprint density at radius 1 is 1.36 bits per heavy atom. The molecule has 3 N–H and O–H groups in total. The molecule has 0 atom stereocenters. The topological polar surface area (TPSA) is 125 Å². The van der Waals surface area contributed by atoms with Crippen LogP contribution in [0.1, 0.15) is 20.7 Å². The van der Waals surface area contributed by atoms with Gasteiger partial charge in [0.05, 0.1) is 17.6 Å². The Hall–Kier alpha value is -2.94. The summed E-state index contributed by atoms with van der Waals surface area (Å²) in [6.45, 7) is 0. The molecule has 0 saturated heterocycles. The smallest absolute Gasteiger partial charge is 0.311 e. The molecule has 2 rings (SSSR count). The molecule has 2 aromatic rings. The zero-order valence-corrected chi connectivity index (χ0v) is 12.2. The number of anilines is 1. The van der Waals surface area contributed by atoms with Crippen LogP contribution in [0.5, 0.6) is 5.75 Å². The maximum absolute atomic E-state index is 12.1. The van der Waals surface area contributed by atoms with E-state index in [0.717, 1.165) is 17.4 Å². The molecule has 0 spiro atoms. The van der Waals surface area contributed by atoms with Gasteiger partial charge in [0.25, 0.3) is 11.8 Å². The Kier molecular flexibility index (Phi) is 4.37. The fraction of sp³-hybridized carbons (Fsp3) is 0.0769. The largest absolute Gasteiger partial charge is 0.490 e. The number of primary amides is 1. The minimum atomic E-state index is -0.669. The number of nitrogens with zero attached hydrogens (tertiary/aromatic N) is 1. The van der Waals surface area contributed by atoms with Crippen molar-refractivity contribution in [2.45, 2.75) is 0 Å². The van der Waals surface area contributed by atoms with Crippen molar-refractivity contribution in [3.05, 3.63) is 50.9 Å². The third-order valence-corrected chi connectivity index (χ3v) is 3.63. The Morgan fingerprint density at radius 2 is 2.09 bits per heavy atom. The van der Waals surface area contributed by atoms with Gasteiger partial charge in [-0.1, -0.05) is 0 Å². The first kappa shape index (κ1) is 15.4. The fourth-order valence-electron chi connectivity index (χ4n) is 1.75. The summed E-state index contributed by atoms with van der Waals surface area (Å²) < 4.78 is 4.87. The highest BCUT2D eigenvalue weighted by Gasteiger charge is 2.19. The molecule has 0 aliphatic carbocycles. The van der Waals surface area contributed by atoms with Crippen LogP contribution < -0.4 is 15.8 Å². The van der Waals surface area contributed by atoms with Gasteiger partial charge in [-0.2, -0.15) is 0 Å². The van der Waals surface area contributed by atoms with Crippen molar-refractivity contribution in [1.82, 2.24) is 0 Å². The first-order valence-corrected chi connectivity index (χ1v) is 6.83. The van der Waals surface area contributed by atoms with Crippen molar-refractivity contribution in [1.29, 1.82) is 0 Å². The Balaban J connectivity index is 2.30. The third kappa shape index (κ3) is 3.04. The molecule has 2 amide bonds. The molecule has 1 aromatic heterocycles. The number of nitro groups is 1. The number of carbonyl (C=O) groups is 2. The lowest BCUT2D eigenvalue weighted by atomic mass is 10.1. The van der Waals surface area contributed by atoms with Crippen LogP contribution in [0.15, 0.2) is 29.6 Å². The molecule has 0 bridgehead atoms. The fourth-order valence-corrected chi connectivity index (χ4v) is 2.54. The van der Waals surface area contributed by atoms with Crippen LogP contribution in [0.4, 0.5) is 10.7 Å². The average Bonchev–Trinajstić information content (AvgIpc) is 2.94. The van der Waals surface area contributed by atoms with E-state index in [9.17, 15) is 19.7 Å². The second kappa shape index (κ2) is 6.22. The van der Waals surface area contributed by atoms with E-state index in [-0.39, 0.29) is 27.6 Å². The SMILES string of the molecule is COc1ccc(C(=O)Nc2sccc2C(N)=O)cc1[N+](=O)[O-]. The highest BCUT2D eigenvalue weighted by molar-refractivity contribution is 7.14. The van der Waals surface area contributed by atoms with E-state index in [2.05, 4.69) is 5.32 Å². The summed E-state index contributed by atoms with van der Waals surface area (Å²) in [7, 11) is 1.30. The number of hydrogen-bond acceptors (Lipinski definition) is 6. The molecule has 0 aliphatic rings. The Bertz CT molecular complexity index is 756. The molecular formula is C13H11N3O5S. The van der Waals surface area contributed by atoms with Crippen LogP contribution in [0, 0.1) is 10.1 Å². The molecule has 114 valence electrons. The number of carbonyl (C=O) groups excluding carboxylic acids is 2. The van der Waals surface area contributed by atoms with Crippen LogP contribution in [0.25, 0.3) is 0 Å². The Labute approximate surface area is 128 Å². The van der Waals surface area contributed by atoms with Gasteiger partial charge in [0, 0.05) is 11.6 Å². The number of nitro benzene ring substituents is 1. The van der Waals surface area contributed by atoms with Gasteiger partial charge in [-0.25, -0.2) is 0 Å². The number of nitrogens with two attached hydrogens (primary N) is 1. The second-order valence-corrected chi connectivity index (χ2v) is 5.04. The molecule has 9 heteroatoms. The van der Waals surface area contributed by atoms with Crippen molar-refractivity contribution in [3.63, 3.8) is 0 Å². The van der Waals surface area contributed by atoms with Gasteiger partial charge in [-0.3, -0.25) is 19.7 Å². The highest BCUT2D eigenvalue weighted by Crippen LogP contribution is 2.29. The Morgan fingerprint density at radius 3 is 2.68 bits per heavy atom. The minimum Gasteiger partial charge on any atom is -0.490 e. The van der Waals surface area contributed by atoms with E-state index in [1.165, 1.54) is 25.3 Å². The standard InChI is InChI=1S/C13H11N3O5S/c1-21-10-3-2-7(6-9(10)16(19)20)12(18)15-13-8(11(14)17)4-5-22-13/h2-6H,1H3,(H2,14,17)(H,15,18). The van der Waals surface area contributed by atoms with Gasteiger partial charge in [-0.15, -0.1) is 11.3 Å². The minimum absolute atomic E-state index is 0.0514. The van der Waals surface area contributed by atoms with Gasteiger partial charge in [0.1, 0.15) is 5.00 Å². The summed E-state index contributed by atoms with van der Waals surface area (Å²) in [5.41, 5.74) is 5.11. The third-order valence-electron chi connectivity index (χ3n) is 2.80. The average molecular weight is 321 g/mol. The number of methoxy groups -OCH3 is 1. The molecule has 0 radical (unpaired) electrons. The first-order chi connectivity index (χ1) is 10.4. The maximum Gasteiger partial charge on any atom is 0.311 e. The first-order valence-electron chi connectivity index (χ1n) is 5.95. The highest BCUT2D eigenvalue weighted by atomic mass is 32.1. The van der Waals surface area contributed by atoms with Crippen molar-refractivity contribution < 1.29 is 19.2 Å². The number of amides is 2. The van der Waals surface area contributed by atoms with E-state index in [0.29, 0.717) is 0 Å². The maximum atomic E-state index is 12.1. The van der Waals surface area contributed by atoms with Crippen molar-refractivity contribution in [3.8, 4) is 5.75 Å². The van der Waals surface area contributed by atoms with Crippen molar-refractivity contribution in [2.24, 2.45) is 5.73 Å². The van der Waals surface area contributed by atoms with E-state index in [1.807, 2.05) is 0 Å². The van der Waals surface area contributed by atoms with Crippen molar-refractivity contribution in [2.75, 3.05) is 12.4 Å². The number of nitrogens with one attached hydrogen (secondary N) is 1. The van der Waals surface area contributed by atoms with E-state index in [1.54, 1.807) is 5.38 Å². The monoisotopic (exact) mass is 321 g/mol. The summed E-state index contributed by atoms with van der Waals surface area (Å²) >= 11 is 1.13. The van der Waals surface area contributed by atoms with Gasteiger partial charge in [-0.05, 0) is 23.6 Å². The lowest BCUT2D eigenvalue weighted by molar-refractivity contribution is -0.385. The number of rotatable bonds is 5. The van der Waals surface area contributed by atoms with Crippen LogP contribution in [0.2, 0.25) is 0 Å². The summed E-state index contributed by atoms with van der Waals surface area (Å²) in [5, 5.41) is 15.3. The molecule has 8 nitrogen and oxygen atoms in total. The molecular weight excluding hydrogens is 310 g/mol. The lowest BCUT2D eigenvalue weighted by Crippen LogP contribution is -2.16. The number of benzene rings is 1. The van der Waals surface area contributed by atoms with Crippen LogP contribution >= 0.6 is 11.3 Å². The van der Waals surface area contributed by atoms with Gasteiger partial charge in [0.2, 0.25) is 0 Å². The summed E-state index contributed by atoms with van der Waals surface area (Å²) in [6, 6.07) is 5.31. The number of ether oxygens (including phenoxy) is 1. The van der Waals surface area contributed by atoms with Crippen molar-refractivity contribution >= 4 is 33.8 Å². The second-order valence-electron chi connectivity index (χ2n) is 4.13. The zero-order valence-electron chi connectivity index (χ0n) is 11.4. The van der Waals surface area contributed by atoms with Gasteiger partial charge >= 0.3 is 5.69 Å². The van der Waals surface area contributed by atoms with Gasteiger partial charge in [0.15, 0.2) is 5.75 Å². The molecule has 1 aromatic carbocycles. The lowest BCUT2D eigenvalue weighted by Gasteiger charge is -2.06. The van der Waals surface area contributed by atoms with Crippen LogP contribution in [-0.2, 0) is 0 Å². The molecule has 1 heterocycles. The van der Waals surface area contributed by atoms with E-state index < -0.39 is 16.7 Å². The molecule has 0 saturated carbocycles. The number of thiophene rings is 1. The van der Waals surface area contributed by atoms with Crippen LogP contribution in [-0.4, -0.2) is 23.8 Å². The predicted octanol–water partition coefficient (Wildman–Crippen LogP) is 2.02. The number of hydrogen-bond donors (Lipinski definition) is 2. The predicted molar refractivity (Wildman–Crippen MR) is 80.4 cm³/mol. The quantitative estimate of drug-likeness (QED) is 0.644. The molecule has 0 aliphatic heterocycles. The summed E-state index contributed by atoms with van der Waals surface area (Å²) in [4.78, 5) is 33.6. The van der Waals surface area contributed by atoms with Crippen LogP contribution in [0.3, 0.4) is 0 Å². The van der Waals surface area contributed by atoms with E-state index in [4.69, 9.17) is 10.5 Å².